The second-order valence-corrected chi connectivity index (χ2v) is 17.3. The lowest BCUT2D eigenvalue weighted by Gasteiger charge is -2.67. The van der Waals surface area contributed by atoms with Crippen molar-refractivity contribution in [2.24, 2.45) is 21.4 Å². The van der Waals surface area contributed by atoms with Crippen LogP contribution in [0.3, 0.4) is 0 Å². The summed E-state index contributed by atoms with van der Waals surface area (Å²) in [5.41, 5.74) is 3.47. The Morgan fingerprint density at radius 2 is 1.75 bits per heavy atom. The summed E-state index contributed by atoms with van der Waals surface area (Å²) < 4.78 is 4.93. The normalized spacial score (nSPS) is 27.9. The zero-order valence-corrected chi connectivity index (χ0v) is 29.7. The van der Waals surface area contributed by atoms with E-state index in [0.717, 1.165) is 65.7 Å². The molecule has 4 fully saturated rings. The fraction of sp³-hybridized carbons (Fsp3) is 0.459. The number of para-hydroxylation sites is 1. The van der Waals surface area contributed by atoms with Crippen molar-refractivity contribution >= 4 is 44.4 Å². The summed E-state index contributed by atoms with van der Waals surface area (Å²) in [5, 5.41) is 22.3. The Kier molecular flexibility index (Phi) is 6.90. The van der Waals surface area contributed by atoms with Crippen molar-refractivity contribution in [2.45, 2.75) is 84.5 Å². The minimum atomic E-state index is -1.13. The van der Waals surface area contributed by atoms with Gasteiger partial charge in [0.2, 0.25) is 0 Å². The minimum absolute atomic E-state index is 0.0537. The Morgan fingerprint density at radius 1 is 0.961 bits per heavy atom. The molecule has 0 spiro atoms. The van der Waals surface area contributed by atoms with E-state index in [9.17, 15) is 19.6 Å². The molecule has 5 aromatic rings. The number of anilines is 2. The van der Waals surface area contributed by atoms with Gasteiger partial charge < -0.3 is 14.6 Å². The molecule has 5 aliphatic rings. The van der Waals surface area contributed by atoms with Crippen molar-refractivity contribution in [2.75, 3.05) is 16.8 Å². The van der Waals surface area contributed by atoms with Crippen LogP contribution in [0.1, 0.15) is 84.7 Å². The van der Waals surface area contributed by atoms with Gasteiger partial charge in [-0.1, -0.05) is 42.5 Å². The molecule has 4 aromatic heterocycles. The highest BCUT2D eigenvalue weighted by Crippen LogP contribution is 2.72. The van der Waals surface area contributed by atoms with Crippen LogP contribution >= 0.6 is 11.3 Å². The second-order valence-electron chi connectivity index (χ2n) is 16.3. The first-order valence-corrected chi connectivity index (χ1v) is 18.3. The highest BCUT2D eigenvalue weighted by molar-refractivity contribution is 7.22. The van der Waals surface area contributed by atoms with Gasteiger partial charge in [0.15, 0.2) is 16.5 Å². The van der Waals surface area contributed by atoms with Crippen molar-refractivity contribution in [3.05, 3.63) is 76.6 Å². The lowest BCUT2D eigenvalue weighted by atomic mass is 9.38. The Balaban J connectivity index is 0.967. The van der Waals surface area contributed by atoms with Crippen LogP contribution < -0.4 is 10.2 Å². The number of imidazole rings is 1. The van der Waals surface area contributed by atoms with Crippen LogP contribution in [0.2, 0.25) is 0 Å². The maximum atomic E-state index is 13.4. The number of nitrogens with one attached hydrogen (secondary N) is 1. The lowest BCUT2D eigenvalue weighted by molar-refractivity contribution is -0.161. The Morgan fingerprint density at radius 3 is 2.49 bits per heavy atom. The van der Waals surface area contributed by atoms with E-state index in [1.807, 2.05) is 57.5 Å². The summed E-state index contributed by atoms with van der Waals surface area (Å²) >= 11 is 1.40. The van der Waals surface area contributed by atoms with E-state index in [1.165, 1.54) is 11.3 Å². The number of hydrogen-bond donors (Lipinski definition) is 2. The summed E-state index contributed by atoms with van der Waals surface area (Å²) in [6.45, 7) is 8.76. The number of pyridine rings is 1. The molecule has 2 unspecified atom stereocenters. The number of thiazole rings is 1. The molecular weight excluding hydrogens is 667 g/mol. The van der Waals surface area contributed by atoms with Crippen molar-refractivity contribution < 1.29 is 14.7 Å². The van der Waals surface area contributed by atoms with E-state index >= 15 is 0 Å². The van der Waals surface area contributed by atoms with Crippen LogP contribution in [-0.2, 0) is 19.6 Å². The summed E-state index contributed by atoms with van der Waals surface area (Å²) in [6.07, 6.45) is 9.12. The van der Waals surface area contributed by atoms with E-state index in [4.69, 9.17) is 5.10 Å². The van der Waals surface area contributed by atoms with E-state index in [-0.39, 0.29) is 27.8 Å². The number of carboxylic acid groups (broad SMARTS) is 1. The van der Waals surface area contributed by atoms with Gasteiger partial charge in [0.25, 0.3) is 5.91 Å². The van der Waals surface area contributed by atoms with E-state index < -0.39 is 11.5 Å². The van der Waals surface area contributed by atoms with Crippen LogP contribution in [0, 0.1) is 28.1 Å². The third-order valence-corrected chi connectivity index (χ3v) is 12.7. The van der Waals surface area contributed by atoms with Crippen LogP contribution in [0.4, 0.5) is 10.9 Å². The van der Waals surface area contributed by atoms with Gasteiger partial charge in [-0.05, 0) is 86.0 Å². The molecule has 0 radical (unpaired) electrons. The maximum absolute atomic E-state index is 13.4. The standard InChI is InChI=1S/C37H39N9O4S/c1-22-24(12-39-46(22)20-36-15-34(2)14-35(3,16-36)18-37(17-34,19-36)43-50)23-8-9-28(41-29(23)32(48)49)44-10-11-45-21-38-30(26(45)13-44)31(47)42-33-40-25-6-4-5-7-27(25)51-33/h4-9,12,21H,10-11,13-20H2,1-3H3,(H,48,49)(H,40,42,47). The fourth-order valence-electron chi connectivity index (χ4n) is 11.1. The van der Waals surface area contributed by atoms with Gasteiger partial charge in [-0.2, -0.15) is 10.0 Å². The predicted molar refractivity (Wildman–Crippen MR) is 193 cm³/mol. The van der Waals surface area contributed by atoms with Crippen molar-refractivity contribution in [3.63, 3.8) is 0 Å². The third kappa shape index (κ3) is 5.25. The molecule has 1 amide bonds. The average molecular weight is 706 g/mol. The number of carboxylic acids is 1. The lowest BCUT2D eigenvalue weighted by Crippen LogP contribution is -2.62. The van der Waals surface area contributed by atoms with Gasteiger partial charge in [0.1, 0.15) is 11.4 Å². The zero-order valence-electron chi connectivity index (χ0n) is 28.8. The van der Waals surface area contributed by atoms with Crippen molar-refractivity contribution in [1.82, 2.24) is 29.3 Å². The number of nitrogens with zero attached hydrogens (tertiary/aromatic N) is 8. The summed E-state index contributed by atoms with van der Waals surface area (Å²) in [4.78, 5) is 53.9. The average Bonchev–Trinajstić information content (AvgIpc) is 3.78. The van der Waals surface area contributed by atoms with Gasteiger partial charge in [-0.25, -0.2) is 19.7 Å². The first kappa shape index (κ1) is 32.0. The van der Waals surface area contributed by atoms with E-state index in [0.29, 0.717) is 48.4 Å². The largest absolute Gasteiger partial charge is 0.476 e. The van der Waals surface area contributed by atoms with Gasteiger partial charge in [0.05, 0.1) is 35.0 Å². The Hall–Kier alpha value is -4.98. The van der Waals surface area contributed by atoms with Crippen molar-refractivity contribution in [3.8, 4) is 11.1 Å². The molecule has 51 heavy (non-hydrogen) atoms. The van der Waals surface area contributed by atoms with Crippen LogP contribution in [-0.4, -0.2) is 58.4 Å². The van der Waals surface area contributed by atoms with Crippen molar-refractivity contribution in [1.29, 1.82) is 0 Å². The number of hydrogen-bond acceptors (Lipinski definition) is 10. The van der Waals surface area contributed by atoms with Crippen LogP contribution in [0.5, 0.6) is 0 Å². The molecule has 262 valence electrons. The molecule has 13 nitrogen and oxygen atoms in total. The first-order chi connectivity index (χ1) is 24.4. The Bertz CT molecular complexity index is 2220. The molecule has 1 aromatic carbocycles. The van der Waals surface area contributed by atoms with Gasteiger partial charge in [-0.15, -0.1) is 0 Å². The molecule has 2 N–H and O–H groups in total. The maximum Gasteiger partial charge on any atom is 0.355 e. The summed E-state index contributed by atoms with van der Waals surface area (Å²) in [7, 11) is 0. The number of aromatic carboxylic acids is 1. The monoisotopic (exact) mass is 705 g/mol. The molecular formula is C37H39N9O4S. The van der Waals surface area contributed by atoms with E-state index in [1.54, 1.807) is 12.5 Å². The first-order valence-electron chi connectivity index (χ1n) is 17.5. The Labute approximate surface area is 298 Å². The van der Waals surface area contributed by atoms with Crippen LogP contribution in [0.25, 0.3) is 21.3 Å². The number of benzene rings is 1. The SMILES string of the molecule is Cc1c(-c2ccc(N3CCn4cnc(C(=O)Nc5nc6ccccc6s5)c4C3)nc2C(=O)O)cnn1CC12CC3(C)CC(C)(C1)CC(N=O)(C3)C2. The molecule has 0 saturated heterocycles. The molecule has 4 saturated carbocycles. The van der Waals surface area contributed by atoms with E-state index in [2.05, 4.69) is 39.3 Å². The van der Waals surface area contributed by atoms with Gasteiger partial charge in [-0.3, -0.25) is 14.8 Å². The topological polar surface area (TPSA) is 160 Å². The third-order valence-electron chi connectivity index (χ3n) is 11.8. The molecule has 1 aliphatic heterocycles. The molecule has 4 bridgehead atoms. The number of carbonyl (C=O) groups excluding carboxylic acids is 1. The number of rotatable bonds is 8. The number of aromatic nitrogens is 6. The molecule has 2 atom stereocenters. The fourth-order valence-corrected chi connectivity index (χ4v) is 11.9. The molecule has 5 heterocycles. The molecule has 14 heteroatoms. The van der Waals surface area contributed by atoms with Gasteiger partial charge in [0, 0.05) is 36.5 Å². The predicted octanol–water partition coefficient (Wildman–Crippen LogP) is 6.92. The second kappa shape index (κ2) is 11.0. The summed E-state index contributed by atoms with van der Waals surface area (Å²) in [6, 6.07) is 11.4. The highest BCUT2D eigenvalue weighted by atomic mass is 32.1. The van der Waals surface area contributed by atoms with Crippen LogP contribution in [0.15, 0.2) is 54.1 Å². The zero-order chi connectivity index (χ0) is 35.3. The highest BCUT2D eigenvalue weighted by Gasteiger charge is 2.66. The molecule has 4 aliphatic carbocycles. The number of fused-ring (bicyclic) bond motifs is 2. The molecule has 10 rings (SSSR count). The quantitative estimate of drug-likeness (QED) is 0.163. The number of amides is 1. The number of carbonyl (C=O) groups is 2. The number of nitroso groups, excluding NO2 is 1. The minimum Gasteiger partial charge on any atom is -0.476 e. The summed E-state index contributed by atoms with van der Waals surface area (Å²) in [5.74, 6) is -0.966. The smallest absolute Gasteiger partial charge is 0.355 e. The van der Waals surface area contributed by atoms with Gasteiger partial charge >= 0.3 is 5.97 Å².